The monoisotopic (exact) mass is 407 g/mol. The smallest absolute Gasteiger partial charge is 0.238 e. The Morgan fingerprint density at radius 3 is 2.56 bits per heavy atom. The number of nitrogens with zero attached hydrogens (tertiary/aromatic N) is 1. The van der Waals surface area contributed by atoms with Crippen LogP contribution in [0.15, 0.2) is 46.0 Å². The van der Waals surface area contributed by atoms with E-state index in [-0.39, 0.29) is 22.9 Å². The van der Waals surface area contributed by atoms with Gasteiger partial charge in [-0.15, -0.1) is 0 Å². The molecule has 6 nitrogen and oxygen atoms in total. The van der Waals surface area contributed by atoms with Crippen LogP contribution < -0.4 is 10.5 Å². The summed E-state index contributed by atoms with van der Waals surface area (Å²) in [7, 11) is -3.71. The number of likely N-dealkylation sites (tertiary alicyclic amines) is 1. The number of sulfonamides is 1. The van der Waals surface area contributed by atoms with E-state index >= 15 is 0 Å². The number of carbonyl (C=O) groups is 1. The first-order chi connectivity index (χ1) is 12.8. The van der Waals surface area contributed by atoms with Crippen molar-refractivity contribution in [3.05, 3.63) is 52.2 Å². The molecule has 3 rings (SSSR count). The van der Waals surface area contributed by atoms with Crippen molar-refractivity contribution in [3.8, 4) is 0 Å². The van der Waals surface area contributed by atoms with Gasteiger partial charge in [-0.3, -0.25) is 9.69 Å². The van der Waals surface area contributed by atoms with E-state index < -0.39 is 10.0 Å². The van der Waals surface area contributed by atoms with Gasteiger partial charge in [-0.25, -0.2) is 13.6 Å². The predicted molar refractivity (Wildman–Crippen MR) is 107 cm³/mol. The molecule has 1 saturated heterocycles. The molecule has 1 aromatic heterocycles. The van der Waals surface area contributed by atoms with E-state index in [1.807, 2.05) is 13.8 Å². The van der Waals surface area contributed by atoms with Crippen LogP contribution in [0.5, 0.6) is 0 Å². The minimum absolute atomic E-state index is 0.0276. The van der Waals surface area contributed by atoms with Crippen molar-refractivity contribution < 1.29 is 13.2 Å². The van der Waals surface area contributed by atoms with Gasteiger partial charge in [0.2, 0.25) is 15.9 Å². The predicted octanol–water partition coefficient (Wildman–Crippen LogP) is 2.80. The third kappa shape index (κ3) is 4.57. The van der Waals surface area contributed by atoms with Crippen LogP contribution in [0.2, 0.25) is 0 Å². The van der Waals surface area contributed by atoms with Crippen molar-refractivity contribution in [1.82, 2.24) is 10.2 Å². The highest BCUT2D eigenvalue weighted by Gasteiger charge is 2.33. The fraction of sp³-hybridized carbons (Fsp3) is 0.421. The van der Waals surface area contributed by atoms with Gasteiger partial charge in [0.05, 0.1) is 17.0 Å². The van der Waals surface area contributed by atoms with Crippen LogP contribution >= 0.6 is 11.3 Å². The number of nitrogens with two attached hydrogens (primary N) is 1. The van der Waals surface area contributed by atoms with E-state index in [9.17, 15) is 13.2 Å². The average molecular weight is 408 g/mol. The molecule has 0 saturated carbocycles. The van der Waals surface area contributed by atoms with Gasteiger partial charge >= 0.3 is 0 Å². The molecule has 1 amide bonds. The minimum atomic E-state index is -3.71. The Morgan fingerprint density at radius 2 is 1.96 bits per heavy atom. The van der Waals surface area contributed by atoms with Crippen molar-refractivity contribution in [3.63, 3.8) is 0 Å². The van der Waals surface area contributed by atoms with Crippen LogP contribution in [0.1, 0.15) is 49.9 Å². The Hall–Kier alpha value is -1.74. The van der Waals surface area contributed by atoms with E-state index in [2.05, 4.69) is 27.0 Å². The third-order valence-corrected chi connectivity index (χ3v) is 6.80. The Labute approximate surface area is 164 Å². The highest BCUT2D eigenvalue weighted by molar-refractivity contribution is 7.89. The molecule has 0 aliphatic carbocycles. The number of benzene rings is 1. The van der Waals surface area contributed by atoms with Gasteiger partial charge < -0.3 is 5.32 Å². The summed E-state index contributed by atoms with van der Waals surface area (Å²) >= 11 is 1.68. The summed E-state index contributed by atoms with van der Waals surface area (Å²) in [6.07, 6.45) is 2.15. The Balaban J connectivity index is 1.65. The van der Waals surface area contributed by atoms with Gasteiger partial charge in [0.1, 0.15) is 0 Å². The first-order valence-electron chi connectivity index (χ1n) is 8.98. The molecule has 0 bridgehead atoms. The van der Waals surface area contributed by atoms with Crippen molar-refractivity contribution in [2.45, 2.75) is 49.7 Å². The highest BCUT2D eigenvalue weighted by atomic mass is 32.2. The normalized spacial score (nSPS) is 20.3. The molecule has 0 spiro atoms. The summed E-state index contributed by atoms with van der Waals surface area (Å²) in [6, 6.07) is 8.25. The Morgan fingerprint density at radius 1 is 1.26 bits per heavy atom. The van der Waals surface area contributed by atoms with Crippen LogP contribution in [0.4, 0.5) is 0 Å². The van der Waals surface area contributed by atoms with Crippen molar-refractivity contribution in [2.24, 2.45) is 5.14 Å². The lowest BCUT2D eigenvalue weighted by molar-refractivity contribution is -0.126. The third-order valence-electron chi connectivity index (χ3n) is 5.17. The van der Waals surface area contributed by atoms with Crippen LogP contribution in [0, 0.1) is 0 Å². The standard InChI is InChI=1S/C19H25N3O3S2/c1-13(15-5-7-17(8-6-15)27(20,24)25)21-19(23)14(2)22-10-3-4-18(22)16-9-11-26-12-16/h5-9,11-14,18H,3-4,10H2,1-2H3,(H,21,23)(H2,20,24,25)/t13-,14+,18+/m0/s1. The SMILES string of the molecule is C[C@H](NC(=O)[C@@H](C)N1CCC[C@@H]1c1ccsc1)c1ccc(S(N)(=O)=O)cc1. The molecule has 8 heteroatoms. The quantitative estimate of drug-likeness (QED) is 0.770. The topological polar surface area (TPSA) is 92.5 Å². The second kappa shape index (κ2) is 8.10. The fourth-order valence-electron chi connectivity index (χ4n) is 3.59. The van der Waals surface area contributed by atoms with Crippen LogP contribution in [0.3, 0.4) is 0 Å². The number of hydrogen-bond acceptors (Lipinski definition) is 5. The molecule has 2 heterocycles. The maximum Gasteiger partial charge on any atom is 0.238 e. The lowest BCUT2D eigenvalue weighted by Gasteiger charge is -2.30. The molecular weight excluding hydrogens is 382 g/mol. The maximum absolute atomic E-state index is 12.8. The number of amides is 1. The molecule has 146 valence electrons. The molecular formula is C19H25N3O3S2. The Kier molecular flexibility index (Phi) is 6.00. The van der Waals surface area contributed by atoms with E-state index in [1.54, 1.807) is 23.5 Å². The summed E-state index contributed by atoms with van der Waals surface area (Å²) in [5, 5.41) is 12.4. The van der Waals surface area contributed by atoms with Crippen molar-refractivity contribution in [2.75, 3.05) is 6.54 Å². The summed E-state index contributed by atoms with van der Waals surface area (Å²) in [5.41, 5.74) is 2.11. The molecule has 3 atom stereocenters. The number of carbonyl (C=O) groups excluding carboxylic acids is 1. The molecule has 1 aromatic carbocycles. The number of primary sulfonamides is 1. The lowest BCUT2D eigenvalue weighted by atomic mass is 10.1. The van der Waals surface area contributed by atoms with Gasteiger partial charge in [-0.1, -0.05) is 12.1 Å². The van der Waals surface area contributed by atoms with Crippen LogP contribution in [-0.2, 0) is 14.8 Å². The van der Waals surface area contributed by atoms with Gasteiger partial charge in [-0.05, 0) is 73.3 Å². The largest absolute Gasteiger partial charge is 0.348 e. The van der Waals surface area contributed by atoms with Crippen LogP contribution in [-0.4, -0.2) is 31.8 Å². The van der Waals surface area contributed by atoms with E-state index in [4.69, 9.17) is 5.14 Å². The number of thiophene rings is 1. The maximum atomic E-state index is 12.8. The Bertz CT molecular complexity index is 879. The van der Waals surface area contributed by atoms with Gasteiger partial charge in [0, 0.05) is 6.04 Å². The second-order valence-electron chi connectivity index (χ2n) is 6.97. The van der Waals surface area contributed by atoms with Crippen molar-refractivity contribution in [1.29, 1.82) is 0 Å². The van der Waals surface area contributed by atoms with Gasteiger partial charge in [0.25, 0.3) is 0 Å². The van der Waals surface area contributed by atoms with Crippen LogP contribution in [0.25, 0.3) is 0 Å². The highest BCUT2D eigenvalue weighted by Crippen LogP contribution is 2.34. The zero-order valence-electron chi connectivity index (χ0n) is 15.5. The lowest BCUT2D eigenvalue weighted by Crippen LogP contribution is -2.45. The van der Waals surface area contributed by atoms with Crippen molar-refractivity contribution >= 4 is 27.3 Å². The van der Waals surface area contributed by atoms with Gasteiger partial charge in [-0.2, -0.15) is 11.3 Å². The number of hydrogen-bond donors (Lipinski definition) is 2. The zero-order valence-corrected chi connectivity index (χ0v) is 17.1. The average Bonchev–Trinajstić information content (AvgIpc) is 3.31. The van der Waals surface area contributed by atoms with E-state index in [0.717, 1.165) is 24.9 Å². The minimum Gasteiger partial charge on any atom is -0.348 e. The number of nitrogens with one attached hydrogen (secondary N) is 1. The zero-order chi connectivity index (χ0) is 19.6. The molecule has 1 fully saturated rings. The molecule has 2 aromatic rings. The number of rotatable bonds is 6. The molecule has 27 heavy (non-hydrogen) atoms. The summed E-state index contributed by atoms with van der Waals surface area (Å²) < 4.78 is 22.7. The molecule has 1 aliphatic heterocycles. The first-order valence-corrected chi connectivity index (χ1v) is 11.5. The van der Waals surface area contributed by atoms with E-state index in [1.165, 1.54) is 17.7 Å². The first kappa shape index (κ1) is 20.0. The molecule has 1 aliphatic rings. The fourth-order valence-corrected chi connectivity index (χ4v) is 4.81. The van der Waals surface area contributed by atoms with Gasteiger partial charge in [0.15, 0.2) is 0 Å². The summed E-state index contributed by atoms with van der Waals surface area (Å²) in [5.74, 6) is -0.0276. The second-order valence-corrected chi connectivity index (χ2v) is 9.31. The summed E-state index contributed by atoms with van der Waals surface area (Å²) in [4.78, 5) is 15.1. The molecule has 3 N–H and O–H groups in total. The van der Waals surface area contributed by atoms with E-state index in [0.29, 0.717) is 6.04 Å². The molecule has 0 unspecified atom stereocenters. The molecule has 0 radical (unpaired) electrons. The summed E-state index contributed by atoms with van der Waals surface area (Å²) in [6.45, 7) is 4.74.